The van der Waals surface area contributed by atoms with Crippen LogP contribution in [0, 0.1) is 6.92 Å². The predicted octanol–water partition coefficient (Wildman–Crippen LogP) is 5.95. The van der Waals surface area contributed by atoms with E-state index in [2.05, 4.69) is 58.8 Å². The molecular weight excluding hydrogens is 524 g/mol. The quantitative estimate of drug-likeness (QED) is 0.379. The van der Waals surface area contributed by atoms with E-state index in [-0.39, 0.29) is 29.7 Å². The van der Waals surface area contributed by atoms with Crippen LogP contribution in [0.15, 0.2) is 24.5 Å². The number of piperidine rings is 1. The van der Waals surface area contributed by atoms with Gasteiger partial charge < -0.3 is 14.7 Å². The van der Waals surface area contributed by atoms with Crippen LogP contribution in [0.3, 0.4) is 0 Å². The molecule has 0 saturated carbocycles. The molecule has 3 aromatic rings. The molecule has 1 amide bonds. The molecule has 0 atom stereocenters. The Balaban J connectivity index is 1.46. The van der Waals surface area contributed by atoms with E-state index in [1.807, 2.05) is 18.0 Å². The van der Waals surface area contributed by atoms with E-state index >= 15 is 0 Å². The van der Waals surface area contributed by atoms with Gasteiger partial charge in [0.25, 0.3) is 0 Å². The highest BCUT2D eigenvalue weighted by molar-refractivity contribution is 7.15. The number of ether oxygens (including phenoxy) is 1. The molecule has 0 spiro atoms. The van der Waals surface area contributed by atoms with Crippen molar-refractivity contribution in [3.63, 3.8) is 0 Å². The number of nitrogens with zero attached hydrogens (tertiary/aromatic N) is 4. The van der Waals surface area contributed by atoms with Crippen molar-refractivity contribution in [3.8, 4) is 16.3 Å². The van der Waals surface area contributed by atoms with Crippen LogP contribution in [0.1, 0.15) is 87.6 Å². The molecule has 0 unspecified atom stereocenters. The number of rotatable bonds is 7. The summed E-state index contributed by atoms with van der Waals surface area (Å²) in [5.41, 5.74) is 4.63. The number of aliphatic carboxylic acids is 1. The number of carboxylic acid groups (broad SMARTS) is 1. The molecule has 2 aromatic heterocycles. The normalized spacial score (nSPS) is 14.9. The second-order valence-electron chi connectivity index (χ2n) is 12.9. The number of carboxylic acids is 1. The Morgan fingerprint density at radius 1 is 1.07 bits per heavy atom. The van der Waals surface area contributed by atoms with Gasteiger partial charge in [-0.2, -0.15) is 5.10 Å². The van der Waals surface area contributed by atoms with Crippen LogP contribution in [0.25, 0.3) is 10.6 Å². The lowest BCUT2D eigenvalue weighted by atomic mass is 9.78. The molecule has 0 radical (unpaired) electrons. The van der Waals surface area contributed by atoms with Crippen LogP contribution in [0.2, 0.25) is 0 Å². The third-order valence-electron chi connectivity index (χ3n) is 7.59. The second kappa shape index (κ2) is 11.4. The molecule has 1 saturated heterocycles. The number of benzene rings is 1. The maximum Gasteiger partial charge on any atom is 0.309 e. The molecule has 1 aliphatic rings. The van der Waals surface area contributed by atoms with E-state index in [1.165, 1.54) is 16.0 Å². The zero-order valence-corrected chi connectivity index (χ0v) is 25.8. The number of thiazole rings is 1. The van der Waals surface area contributed by atoms with Crippen LogP contribution in [-0.4, -0.2) is 56.8 Å². The number of carbonyl (C=O) groups is 2. The number of aryl methyl sites for hydroxylation is 1. The molecule has 40 heavy (non-hydrogen) atoms. The summed E-state index contributed by atoms with van der Waals surface area (Å²) < 4.78 is 7.49. The average Bonchev–Trinajstić information content (AvgIpc) is 3.49. The van der Waals surface area contributed by atoms with E-state index in [4.69, 9.17) is 14.8 Å². The number of amides is 1. The second-order valence-corrected chi connectivity index (χ2v) is 13.9. The summed E-state index contributed by atoms with van der Waals surface area (Å²) in [6.07, 6.45) is 5.39. The van der Waals surface area contributed by atoms with Crippen LogP contribution in [-0.2, 0) is 33.4 Å². The van der Waals surface area contributed by atoms with Crippen molar-refractivity contribution in [2.24, 2.45) is 0 Å². The fraction of sp³-hybridized carbons (Fsp3) is 0.548. The van der Waals surface area contributed by atoms with Crippen molar-refractivity contribution in [3.05, 3.63) is 51.8 Å². The molecule has 1 N–H and O–H groups in total. The van der Waals surface area contributed by atoms with Gasteiger partial charge in [-0.05, 0) is 54.2 Å². The Morgan fingerprint density at radius 3 is 2.20 bits per heavy atom. The van der Waals surface area contributed by atoms with Crippen molar-refractivity contribution >= 4 is 23.2 Å². The highest BCUT2D eigenvalue weighted by atomic mass is 32.1. The fourth-order valence-electron chi connectivity index (χ4n) is 5.31. The van der Waals surface area contributed by atoms with E-state index in [1.54, 1.807) is 29.3 Å². The van der Waals surface area contributed by atoms with Gasteiger partial charge >= 0.3 is 5.97 Å². The van der Waals surface area contributed by atoms with Crippen LogP contribution in [0.5, 0.6) is 5.75 Å². The summed E-state index contributed by atoms with van der Waals surface area (Å²) >= 11 is 1.75. The molecule has 1 aliphatic heterocycles. The van der Waals surface area contributed by atoms with Crippen molar-refractivity contribution < 1.29 is 19.4 Å². The lowest BCUT2D eigenvalue weighted by Crippen LogP contribution is -2.39. The van der Waals surface area contributed by atoms with Crippen LogP contribution >= 0.6 is 11.3 Å². The molecule has 8 nitrogen and oxygen atoms in total. The highest BCUT2D eigenvalue weighted by Crippen LogP contribution is 2.44. The third kappa shape index (κ3) is 6.57. The molecule has 216 valence electrons. The smallest absolute Gasteiger partial charge is 0.309 e. The van der Waals surface area contributed by atoms with E-state index in [0.29, 0.717) is 24.7 Å². The highest BCUT2D eigenvalue weighted by Gasteiger charge is 2.29. The minimum Gasteiger partial charge on any atom is -0.496 e. The molecule has 0 bridgehead atoms. The molecule has 4 rings (SSSR count). The van der Waals surface area contributed by atoms with Crippen molar-refractivity contribution in [2.75, 3.05) is 20.2 Å². The molecule has 3 heterocycles. The minimum absolute atomic E-state index is 0.00970. The molecular formula is C31H42N4O4S. The lowest BCUT2D eigenvalue weighted by Gasteiger charge is -2.31. The summed E-state index contributed by atoms with van der Waals surface area (Å²) in [5, 5.41) is 14.4. The largest absolute Gasteiger partial charge is 0.496 e. The van der Waals surface area contributed by atoms with E-state index in [9.17, 15) is 9.59 Å². The number of hydrogen-bond acceptors (Lipinski definition) is 6. The van der Waals surface area contributed by atoms with E-state index in [0.717, 1.165) is 34.7 Å². The summed E-state index contributed by atoms with van der Waals surface area (Å²) in [6.45, 7) is 16.6. The number of hydrogen-bond donors (Lipinski definition) is 1. The standard InChI is InChI=1S/C31H42N4O4S/c1-19-17-35(33-24(19)15-27(37)38)18-26(36)34-11-9-20(10-12-34)25-16-32-29(40-25)21-13-22(30(2,3)4)28(39-8)23(14-21)31(5,6)7/h13-14,16-17,20H,9-12,15,18H2,1-8H3,(H,37,38). The topological polar surface area (TPSA) is 97.6 Å². The first-order valence-electron chi connectivity index (χ1n) is 13.9. The zero-order chi connectivity index (χ0) is 29.4. The summed E-state index contributed by atoms with van der Waals surface area (Å²) in [7, 11) is 1.75. The monoisotopic (exact) mass is 566 g/mol. The third-order valence-corrected chi connectivity index (χ3v) is 8.80. The molecule has 9 heteroatoms. The van der Waals surface area contributed by atoms with Crippen molar-refractivity contribution in [1.29, 1.82) is 0 Å². The molecule has 0 aliphatic carbocycles. The van der Waals surface area contributed by atoms with Gasteiger partial charge in [0.05, 0.1) is 19.2 Å². The maximum atomic E-state index is 12.9. The number of carbonyl (C=O) groups excluding carboxylic acids is 1. The number of likely N-dealkylation sites (tertiary alicyclic amines) is 1. The summed E-state index contributed by atoms with van der Waals surface area (Å²) in [6, 6.07) is 4.47. The Kier molecular flexibility index (Phi) is 8.45. The zero-order valence-electron chi connectivity index (χ0n) is 25.0. The van der Waals surface area contributed by atoms with Gasteiger partial charge in [-0.15, -0.1) is 11.3 Å². The van der Waals surface area contributed by atoms with Crippen LogP contribution < -0.4 is 4.74 Å². The maximum absolute atomic E-state index is 12.9. The molecule has 1 fully saturated rings. The number of aromatic nitrogens is 3. The van der Waals surface area contributed by atoms with Crippen molar-refractivity contribution in [1.82, 2.24) is 19.7 Å². The Labute approximate surface area is 241 Å². The first kappa shape index (κ1) is 29.8. The van der Waals surface area contributed by atoms with Gasteiger partial charge in [0.15, 0.2) is 0 Å². The average molecular weight is 567 g/mol. The first-order chi connectivity index (χ1) is 18.7. The number of methoxy groups -OCH3 is 1. The summed E-state index contributed by atoms with van der Waals surface area (Å²) in [5.74, 6) is 0.410. The van der Waals surface area contributed by atoms with Gasteiger partial charge in [-0.25, -0.2) is 4.98 Å². The van der Waals surface area contributed by atoms with Gasteiger partial charge in [0.1, 0.15) is 17.3 Å². The molecule has 1 aromatic carbocycles. The predicted molar refractivity (Wildman–Crippen MR) is 158 cm³/mol. The Bertz CT molecular complexity index is 1350. The van der Waals surface area contributed by atoms with Gasteiger partial charge in [0.2, 0.25) is 5.91 Å². The van der Waals surface area contributed by atoms with Gasteiger partial charge in [-0.1, -0.05) is 41.5 Å². The van der Waals surface area contributed by atoms with Gasteiger partial charge in [-0.3, -0.25) is 14.3 Å². The minimum atomic E-state index is -0.927. The van der Waals surface area contributed by atoms with Gasteiger partial charge in [0, 0.05) is 47.1 Å². The fourth-order valence-corrected chi connectivity index (χ4v) is 6.38. The van der Waals surface area contributed by atoms with E-state index < -0.39 is 5.97 Å². The van der Waals surface area contributed by atoms with Crippen molar-refractivity contribution in [2.45, 2.75) is 91.0 Å². The first-order valence-corrected chi connectivity index (χ1v) is 14.7. The van der Waals surface area contributed by atoms with Crippen LogP contribution in [0.4, 0.5) is 0 Å². The SMILES string of the molecule is COc1c(C(C)(C)C)cc(-c2ncc(C3CCN(C(=O)Cn4cc(C)c(CC(=O)O)n4)CC3)s2)cc1C(C)(C)C. The Morgan fingerprint density at radius 2 is 1.68 bits per heavy atom. The summed E-state index contributed by atoms with van der Waals surface area (Å²) in [4.78, 5) is 32.0. The Hall–Kier alpha value is -3.20. The lowest BCUT2D eigenvalue weighted by molar-refractivity contribution is -0.136.